The van der Waals surface area contributed by atoms with Gasteiger partial charge in [-0.3, -0.25) is 9.59 Å². The van der Waals surface area contributed by atoms with Gasteiger partial charge in [0.25, 0.3) is 0 Å². The standard InChI is InChI=1S/C50H72O13/c1-27-18-37-39(21-45(53)59-37)58-43-22-44-50(6,63-49(43,5)23-27)24-29(3)46-36(56-44)12-8-7-11-32-33(60-46)13-9-15-35-34(55-32)14-10-16-42-48(4,62-35)25-41-38(57-42)20-40-47(61-41)31(52)19-30(54-40)17-28(2)26-51/h7-9,15,26-27,29-44,46-47,52H,2,10-14,16-25H2,1,3-6H3/b8-7-,15-9-/t27-,29+,30-,31+,32-,33+,34+,35-,36+,37+,38+,39-,40-,41-,42-,43+,44-,46-,47+,48+,49-,50+/m1/s1. The predicted molar refractivity (Wildman–Crippen MR) is 229 cm³/mol. The molecule has 0 spiro atoms. The zero-order valence-corrected chi connectivity index (χ0v) is 38.0. The lowest BCUT2D eigenvalue weighted by atomic mass is 9.74. The summed E-state index contributed by atoms with van der Waals surface area (Å²) in [6.45, 7) is 14.9. The van der Waals surface area contributed by atoms with Crippen LogP contribution in [0.25, 0.3) is 0 Å². The van der Waals surface area contributed by atoms with Crippen molar-refractivity contribution in [2.45, 2.75) is 252 Å². The molecule has 10 aliphatic heterocycles. The van der Waals surface area contributed by atoms with Crippen molar-refractivity contribution in [1.82, 2.24) is 0 Å². The molecule has 350 valence electrons. The van der Waals surface area contributed by atoms with Crippen molar-refractivity contribution in [1.29, 1.82) is 0 Å². The molecule has 0 aromatic heterocycles. The molecule has 0 bridgehead atoms. The summed E-state index contributed by atoms with van der Waals surface area (Å²) in [4.78, 5) is 23.6. The second-order valence-corrected chi connectivity index (χ2v) is 21.9. The van der Waals surface area contributed by atoms with Crippen LogP contribution in [0.1, 0.15) is 131 Å². The highest BCUT2D eigenvalue weighted by Gasteiger charge is 2.60. The molecule has 22 atom stereocenters. The number of ether oxygens (including phenoxy) is 10. The van der Waals surface area contributed by atoms with E-state index in [4.69, 9.17) is 47.4 Å². The average molecular weight is 881 g/mol. The summed E-state index contributed by atoms with van der Waals surface area (Å²) in [5, 5.41) is 11.2. The van der Waals surface area contributed by atoms with E-state index < -0.39 is 29.0 Å². The highest BCUT2D eigenvalue weighted by Crippen LogP contribution is 2.51. The van der Waals surface area contributed by atoms with Gasteiger partial charge in [-0.05, 0) is 96.0 Å². The minimum absolute atomic E-state index is 0.127. The molecular formula is C50H72O13. The van der Waals surface area contributed by atoms with Crippen LogP contribution in [0.5, 0.6) is 0 Å². The summed E-state index contributed by atoms with van der Waals surface area (Å²) in [7, 11) is 0. The summed E-state index contributed by atoms with van der Waals surface area (Å²) in [6.07, 6.45) is 15.5. The first-order valence-electron chi connectivity index (χ1n) is 24.5. The summed E-state index contributed by atoms with van der Waals surface area (Å²) in [6, 6.07) is 0. The molecule has 13 nitrogen and oxygen atoms in total. The van der Waals surface area contributed by atoms with Crippen LogP contribution in [0, 0.1) is 11.8 Å². The molecule has 8 fully saturated rings. The van der Waals surface area contributed by atoms with E-state index in [0.717, 1.165) is 57.7 Å². The number of hydrogen-bond donors (Lipinski definition) is 1. The lowest BCUT2D eigenvalue weighted by Crippen LogP contribution is -2.65. The van der Waals surface area contributed by atoms with Gasteiger partial charge < -0.3 is 52.5 Å². The van der Waals surface area contributed by atoms with Crippen molar-refractivity contribution < 1.29 is 62.1 Å². The molecule has 10 rings (SSSR count). The topological polar surface area (TPSA) is 147 Å². The fraction of sp³-hybridized carbons (Fsp3) is 0.840. The fourth-order valence-corrected chi connectivity index (χ4v) is 13.7. The molecule has 0 aromatic rings. The summed E-state index contributed by atoms with van der Waals surface area (Å²) >= 11 is 0. The molecule has 0 amide bonds. The molecule has 0 radical (unpaired) electrons. The summed E-state index contributed by atoms with van der Waals surface area (Å²) < 4.78 is 68.6. The Hall–Kier alpha value is -2.04. The maximum absolute atomic E-state index is 12.4. The lowest BCUT2D eigenvalue weighted by molar-refractivity contribution is -0.316. The highest BCUT2D eigenvalue weighted by molar-refractivity contribution is 5.72. The van der Waals surface area contributed by atoms with Crippen LogP contribution in [0.3, 0.4) is 0 Å². The number of esters is 1. The number of carbonyl (C=O) groups is 2. The van der Waals surface area contributed by atoms with Gasteiger partial charge in [-0.1, -0.05) is 44.7 Å². The van der Waals surface area contributed by atoms with Crippen molar-refractivity contribution in [3.63, 3.8) is 0 Å². The third-order valence-electron chi connectivity index (χ3n) is 16.6. The van der Waals surface area contributed by atoms with Crippen LogP contribution in [0.4, 0.5) is 0 Å². The van der Waals surface area contributed by atoms with Gasteiger partial charge in [0.05, 0.1) is 103 Å². The van der Waals surface area contributed by atoms with E-state index in [2.05, 4.69) is 65.5 Å². The summed E-state index contributed by atoms with van der Waals surface area (Å²) in [5.41, 5.74) is -1.22. The Morgan fingerprint density at radius 3 is 2.22 bits per heavy atom. The maximum Gasteiger partial charge on any atom is 0.308 e. The van der Waals surface area contributed by atoms with E-state index in [1.54, 1.807) is 0 Å². The number of carbonyl (C=O) groups excluding carboxylic acids is 2. The Balaban J connectivity index is 0.828. The molecule has 1 N–H and O–H groups in total. The molecule has 0 aromatic carbocycles. The zero-order chi connectivity index (χ0) is 43.8. The first-order valence-corrected chi connectivity index (χ1v) is 24.5. The Morgan fingerprint density at radius 1 is 0.698 bits per heavy atom. The fourth-order valence-electron chi connectivity index (χ4n) is 13.7. The van der Waals surface area contributed by atoms with Gasteiger partial charge in [-0.2, -0.15) is 0 Å². The normalized spacial score (nSPS) is 54.3. The molecule has 10 heterocycles. The third-order valence-corrected chi connectivity index (χ3v) is 16.6. The molecule has 13 heteroatoms. The number of hydrogen-bond acceptors (Lipinski definition) is 13. The first kappa shape index (κ1) is 44.8. The molecule has 63 heavy (non-hydrogen) atoms. The number of aliphatic hydroxyl groups is 1. The maximum atomic E-state index is 12.4. The van der Waals surface area contributed by atoms with Gasteiger partial charge in [0.1, 0.15) is 30.7 Å². The number of rotatable bonds is 3. The van der Waals surface area contributed by atoms with Gasteiger partial charge in [-0.25, -0.2) is 0 Å². The predicted octanol–water partition coefficient (Wildman–Crippen LogP) is 6.34. The van der Waals surface area contributed by atoms with Gasteiger partial charge >= 0.3 is 5.97 Å². The van der Waals surface area contributed by atoms with Crippen molar-refractivity contribution in [2.24, 2.45) is 11.8 Å². The SMILES string of the molecule is C=C(C=O)C[C@@H]1C[C@H](O)[C@@H]2O[C@@H]3C[C@]4(C)O[C@@H]5/C=C\C[C@@H]6O[C@H]7[C@H](C/C=C\C[C@H]6O[C@H]5CCC[C@H]4O[C@H]3C[C@H]2O1)O[C@@H]1C[C@@H]2O[C@@H]3CC(=O)O[C@H]3C[C@@H](C)C[C@@]2(C)O[C@@]1(C)C[C@@H]7C. The second-order valence-electron chi connectivity index (χ2n) is 21.9. The minimum Gasteiger partial charge on any atom is -0.459 e. The number of fused-ring (bicyclic) bond motifs is 9. The van der Waals surface area contributed by atoms with Gasteiger partial charge in [0, 0.05) is 32.1 Å². The lowest BCUT2D eigenvalue weighted by Gasteiger charge is -2.55. The average Bonchev–Trinajstić information content (AvgIpc) is 3.53. The van der Waals surface area contributed by atoms with Crippen LogP contribution in [0.2, 0.25) is 0 Å². The van der Waals surface area contributed by atoms with Gasteiger partial charge in [0.15, 0.2) is 0 Å². The van der Waals surface area contributed by atoms with Crippen LogP contribution >= 0.6 is 0 Å². The molecule has 8 saturated heterocycles. The van der Waals surface area contributed by atoms with Crippen LogP contribution in [-0.2, 0) is 57.0 Å². The molecule has 0 saturated carbocycles. The van der Waals surface area contributed by atoms with Crippen LogP contribution in [0.15, 0.2) is 36.5 Å². The zero-order valence-electron chi connectivity index (χ0n) is 38.0. The van der Waals surface area contributed by atoms with E-state index in [-0.39, 0.29) is 110 Å². The molecule has 0 aliphatic carbocycles. The molecular weight excluding hydrogens is 809 g/mol. The van der Waals surface area contributed by atoms with Crippen LogP contribution < -0.4 is 0 Å². The molecule has 0 unspecified atom stereocenters. The van der Waals surface area contributed by atoms with E-state index >= 15 is 0 Å². The van der Waals surface area contributed by atoms with E-state index in [9.17, 15) is 14.7 Å². The van der Waals surface area contributed by atoms with Gasteiger partial charge in [-0.15, -0.1) is 0 Å². The quantitative estimate of drug-likeness (QED) is 0.146. The minimum atomic E-state index is -0.699. The Kier molecular flexibility index (Phi) is 12.5. The molecule has 10 aliphatic rings. The van der Waals surface area contributed by atoms with Crippen molar-refractivity contribution >= 4 is 12.3 Å². The highest BCUT2D eigenvalue weighted by atomic mass is 16.6. The van der Waals surface area contributed by atoms with Crippen molar-refractivity contribution in [3.8, 4) is 0 Å². The van der Waals surface area contributed by atoms with E-state index in [0.29, 0.717) is 50.0 Å². The van der Waals surface area contributed by atoms with Gasteiger partial charge in [0.2, 0.25) is 0 Å². The Morgan fingerprint density at radius 2 is 1.41 bits per heavy atom. The third kappa shape index (κ3) is 8.84. The second kappa shape index (κ2) is 17.6. The summed E-state index contributed by atoms with van der Waals surface area (Å²) in [5.74, 6) is 0.286. The van der Waals surface area contributed by atoms with E-state index in [1.807, 2.05) is 0 Å². The van der Waals surface area contributed by atoms with Crippen molar-refractivity contribution in [2.75, 3.05) is 0 Å². The number of aliphatic hydroxyl groups excluding tert-OH is 1. The monoisotopic (exact) mass is 880 g/mol. The Labute approximate surface area is 373 Å². The largest absolute Gasteiger partial charge is 0.459 e. The first-order chi connectivity index (χ1) is 30.2. The Bertz CT molecular complexity index is 1770. The smallest absolute Gasteiger partial charge is 0.308 e. The van der Waals surface area contributed by atoms with E-state index in [1.165, 1.54) is 0 Å². The van der Waals surface area contributed by atoms with Crippen LogP contribution in [-0.4, -0.2) is 138 Å². The van der Waals surface area contributed by atoms with Crippen molar-refractivity contribution in [3.05, 3.63) is 36.5 Å². The number of aldehydes is 1.